The molecule has 2 heterocycles. The number of carbonyl (C=O) groups is 2. The van der Waals surface area contributed by atoms with Crippen LogP contribution >= 0.6 is 22.9 Å². The van der Waals surface area contributed by atoms with Gasteiger partial charge in [0.05, 0.1) is 35.0 Å². The van der Waals surface area contributed by atoms with Crippen molar-refractivity contribution in [1.82, 2.24) is 4.98 Å². The van der Waals surface area contributed by atoms with Crippen LogP contribution in [0, 0.1) is 0 Å². The minimum Gasteiger partial charge on any atom is -0.507 e. The van der Waals surface area contributed by atoms with Crippen molar-refractivity contribution in [1.29, 1.82) is 0 Å². The maximum Gasteiger partial charge on any atom is 0.301 e. The van der Waals surface area contributed by atoms with Crippen LogP contribution in [-0.4, -0.2) is 35.0 Å². The van der Waals surface area contributed by atoms with E-state index >= 15 is 0 Å². The highest BCUT2D eigenvalue weighted by molar-refractivity contribution is 7.22. The Hall–Kier alpha value is -3.88. The summed E-state index contributed by atoms with van der Waals surface area (Å²) >= 11 is 7.44. The lowest BCUT2D eigenvalue weighted by Gasteiger charge is -2.23. The van der Waals surface area contributed by atoms with Crippen LogP contribution in [0.2, 0.25) is 5.02 Å². The number of aliphatic hydroxyl groups excluding tert-OH is 1. The van der Waals surface area contributed by atoms with Gasteiger partial charge in [-0.1, -0.05) is 54.8 Å². The smallest absolute Gasteiger partial charge is 0.301 e. The molecule has 0 aliphatic carbocycles. The lowest BCUT2D eigenvalue weighted by molar-refractivity contribution is -0.132. The zero-order valence-electron chi connectivity index (χ0n) is 22.2. The largest absolute Gasteiger partial charge is 0.507 e. The molecule has 7 nitrogen and oxygen atoms in total. The number of Topliss-reactive ketones (excluding diaryl/α,β-unsaturated/α-hetero) is 1. The molecule has 206 valence electrons. The van der Waals surface area contributed by atoms with E-state index in [-0.39, 0.29) is 11.3 Å². The van der Waals surface area contributed by atoms with Gasteiger partial charge in [-0.3, -0.25) is 14.5 Å². The number of unbranched alkanes of at least 4 members (excludes halogenated alkanes) is 2. The second-order valence-electron chi connectivity index (χ2n) is 9.36. The van der Waals surface area contributed by atoms with E-state index < -0.39 is 17.7 Å². The summed E-state index contributed by atoms with van der Waals surface area (Å²) in [7, 11) is 0. The predicted molar refractivity (Wildman–Crippen MR) is 158 cm³/mol. The van der Waals surface area contributed by atoms with E-state index in [1.807, 2.05) is 31.2 Å². The van der Waals surface area contributed by atoms with Crippen LogP contribution in [0.4, 0.5) is 5.13 Å². The van der Waals surface area contributed by atoms with Crippen LogP contribution in [0.1, 0.15) is 50.3 Å². The first-order valence-electron chi connectivity index (χ1n) is 13.2. The summed E-state index contributed by atoms with van der Waals surface area (Å²) in [4.78, 5) is 33.0. The molecular weight excluding hydrogens is 548 g/mol. The number of hydrogen-bond acceptors (Lipinski definition) is 7. The van der Waals surface area contributed by atoms with Crippen molar-refractivity contribution in [3.8, 4) is 11.5 Å². The zero-order valence-corrected chi connectivity index (χ0v) is 23.8. The van der Waals surface area contributed by atoms with Crippen molar-refractivity contribution in [3.63, 3.8) is 0 Å². The van der Waals surface area contributed by atoms with Crippen LogP contribution in [0.3, 0.4) is 0 Å². The lowest BCUT2D eigenvalue weighted by Crippen LogP contribution is -2.29. The Labute approximate surface area is 241 Å². The Balaban J connectivity index is 1.58. The minimum absolute atomic E-state index is 0.0111. The van der Waals surface area contributed by atoms with Gasteiger partial charge < -0.3 is 14.6 Å². The Morgan fingerprint density at radius 2 is 1.68 bits per heavy atom. The fraction of sp³-hybridized carbons (Fsp3) is 0.258. The summed E-state index contributed by atoms with van der Waals surface area (Å²) in [5.41, 5.74) is 1.69. The molecule has 1 fully saturated rings. The number of thiazole rings is 1. The Bertz CT molecular complexity index is 1560. The highest BCUT2D eigenvalue weighted by Gasteiger charge is 2.48. The van der Waals surface area contributed by atoms with E-state index in [9.17, 15) is 14.7 Å². The van der Waals surface area contributed by atoms with Gasteiger partial charge in [-0.15, -0.1) is 0 Å². The normalized spacial score (nSPS) is 16.6. The summed E-state index contributed by atoms with van der Waals surface area (Å²) in [6.45, 7) is 5.13. The number of hydrogen-bond donors (Lipinski definition) is 1. The van der Waals surface area contributed by atoms with Gasteiger partial charge in [0.2, 0.25) is 0 Å². The van der Waals surface area contributed by atoms with E-state index in [4.69, 9.17) is 21.1 Å². The maximum absolute atomic E-state index is 13.5. The van der Waals surface area contributed by atoms with Gasteiger partial charge in [-0.2, -0.15) is 0 Å². The summed E-state index contributed by atoms with van der Waals surface area (Å²) in [6, 6.07) is 18.4. The van der Waals surface area contributed by atoms with E-state index in [2.05, 4.69) is 11.9 Å². The predicted octanol–water partition coefficient (Wildman–Crippen LogP) is 7.54. The molecule has 4 aromatic rings. The number of nitrogens with zero attached hydrogens (tertiary/aromatic N) is 2. The average Bonchev–Trinajstić information content (AvgIpc) is 3.49. The molecule has 1 aliphatic rings. The van der Waals surface area contributed by atoms with Gasteiger partial charge in [0.1, 0.15) is 17.3 Å². The maximum atomic E-state index is 13.5. The number of anilines is 1. The highest BCUT2D eigenvalue weighted by Crippen LogP contribution is 2.44. The third-order valence-electron chi connectivity index (χ3n) is 6.64. The van der Waals surface area contributed by atoms with Crippen LogP contribution in [0.15, 0.2) is 72.3 Å². The summed E-state index contributed by atoms with van der Waals surface area (Å²) < 4.78 is 12.1. The second-order valence-corrected chi connectivity index (χ2v) is 10.8. The number of halogens is 1. The molecule has 0 radical (unpaired) electrons. The molecule has 1 N–H and O–H groups in total. The third kappa shape index (κ3) is 5.55. The molecule has 0 bridgehead atoms. The van der Waals surface area contributed by atoms with Crippen molar-refractivity contribution < 1.29 is 24.2 Å². The molecule has 40 heavy (non-hydrogen) atoms. The number of rotatable bonds is 10. The van der Waals surface area contributed by atoms with Gasteiger partial charge in [0.15, 0.2) is 5.13 Å². The van der Waals surface area contributed by atoms with Crippen LogP contribution < -0.4 is 14.4 Å². The van der Waals surface area contributed by atoms with Crippen molar-refractivity contribution >= 4 is 55.7 Å². The molecule has 0 saturated carbocycles. The van der Waals surface area contributed by atoms with Crippen LogP contribution in [0.25, 0.3) is 16.0 Å². The van der Waals surface area contributed by atoms with E-state index in [1.54, 1.807) is 42.5 Å². The van der Waals surface area contributed by atoms with Gasteiger partial charge in [-0.05, 0) is 73.5 Å². The standard InChI is InChI=1S/C31H29ClN2O5S/c1-3-5-6-17-39-23-12-7-19(8-13-23)27-26(28(35)20-9-14-22(15-10-20)38-4-2)29(36)30(37)34(27)31-33-24-16-11-21(32)18-25(24)40-31/h7-16,18,27,35H,3-6,17H2,1-2H3. The summed E-state index contributed by atoms with van der Waals surface area (Å²) in [5.74, 6) is -0.481. The Morgan fingerprint density at radius 1 is 0.975 bits per heavy atom. The summed E-state index contributed by atoms with van der Waals surface area (Å²) in [6.07, 6.45) is 3.15. The van der Waals surface area contributed by atoms with Crippen molar-refractivity contribution in [2.75, 3.05) is 18.1 Å². The second kappa shape index (κ2) is 12.1. The fourth-order valence-corrected chi connectivity index (χ4v) is 5.92. The first kappa shape index (κ1) is 27.7. The lowest BCUT2D eigenvalue weighted by atomic mass is 9.95. The summed E-state index contributed by atoms with van der Waals surface area (Å²) in [5, 5.41) is 12.3. The van der Waals surface area contributed by atoms with Crippen molar-refractivity contribution in [2.45, 2.75) is 39.2 Å². The molecule has 1 unspecified atom stereocenters. The van der Waals surface area contributed by atoms with Crippen LogP contribution in [-0.2, 0) is 9.59 Å². The van der Waals surface area contributed by atoms with Gasteiger partial charge in [0.25, 0.3) is 5.78 Å². The highest BCUT2D eigenvalue weighted by atomic mass is 35.5. The molecule has 1 aromatic heterocycles. The van der Waals surface area contributed by atoms with E-state index in [1.165, 1.54) is 16.2 Å². The molecule has 9 heteroatoms. The number of aliphatic hydroxyl groups is 1. The minimum atomic E-state index is -0.892. The van der Waals surface area contributed by atoms with E-state index in [0.29, 0.717) is 51.5 Å². The molecule has 0 spiro atoms. The number of amides is 1. The SMILES string of the molecule is CCCCCOc1ccc(C2C(=C(O)c3ccc(OCC)cc3)C(=O)C(=O)N2c2nc3ccc(Cl)cc3s2)cc1. The van der Waals surface area contributed by atoms with Gasteiger partial charge >= 0.3 is 5.91 Å². The molecular formula is C31H29ClN2O5S. The number of aromatic nitrogens is 1. The number of fused-ring (bicyclic) bond motifs is 1. The number of ketones is 1. The third-order valence-corrected chi connectivity index (χ3v) is 7.89. The number of benzene rings is 3. The Morgan fingerprint density at radius 3 is 2.38 bits per heavy atom. The quantitative estimate of drug-likeness (QED) is 0.0907. The molecule has 1 saturated heterocycles. The molecule has 1 aliphatic heterocycles. The first-order chi connectivity index (χ1) is 19.4. The fourth-order valence-electron chi connectivity index (χ4n) is 4.65. The topological polar surface area (TPSA) is 89.0 Å². The van der Waals surface area contributed by atoms with Gasteiger partial charge in [0, 0.05) is 10.6 Å². The first-order valence-corrected chi connectivity index (χ1v) is 14.4. The molecule has 3 aromatic carbocycles. The Kier molecular flexibility index (Phi) is 8.38. The molecule has 1 atom stereocenters. The van der Waals surface area contributed by atoms with Crippen molar-refractivity contribution in [2.24, 2.45) is 0 Å². The average molecular weight is 577 g/mol. The van der Waals surface area contributed by atoms with Crippen LogP contribution in [0.5, 0.6) is 11.5 Å². The zero-order chi connectivity index (χ0) is 28.2. The molecule has 1 amide bonds. The van der Waals surface area contributed by atoms with Crippen molar-refractivity contribution in [3.05, 3.63) is 88.5 Å². The van der Waals surface area contributed by atoms with E-state index in [0.717, 1.165) is 24.0 Å². The molecule has 5 rings (SSSR count). The monoisotopic (exact) mass is 576 g/mol. The number of carbonyl (C=O) groups excluding carboxylic acids is 2. The van der Waals surface area contributed by atoms with Gasteiger partial charge in [-0.25, -0.2) is 4.98 Å². The number of ether oxygens (including phenoxy) is 2.